The van der Waals surface area contributed by atoms with Gasteiger partial charge in [-0.15, -0.1) is 0 Å². The Morgan fingerprint density at radius 3 is 2.40 bits per heavy atom. The van der Waals surface area contributed by atoms with E-state index < -0.39 is 6.10 Å². The van der Waals surface area contributed by atoms with Gasteiger partial charge in [0.25, 0.3) is 0 Å². The van der Waals surface area contributed by atoms with Gasteiger partial charge in [-0.05, 0) is 49.0 Å². The van der Waals surface area contributed by atoms with E-state index in [-0.39, 0.29) is 23.8 Å². The van der Waals surface area contributed by atoms with Crippen molar-refractivity contribution in [3.8, 4) is 5.75 Å². The predicted molar refractivity (Wildman–Crippen MR) is 99.9 cm³/mol. The summed E-state index contributed by atoms with van der Waals surface area (Å²) in [6.07, 6.45) is 1.17. The minimum absolute atomic E-state index is 0.107. The summed E-state index contributed by atoms with van der Waals surface area (Å²) in [6.45, 7) is 9.09. The van der Waals surface area contributed by atoms with Gasteiger partial charge in [-0.1, -0.05) is 32.9 Å². The zero-order chi connectivity index (χ0) is 18.4. The molecule has 0 saturated carbocycles. The average molecular weight is 348 g/mol. The number of piperidine rings is 1. The number of carbonyl (C=O) groups is 1. The molecule has 1 heterocycles. The van der Waals surface area contributed by atoms with Gasteiger partial charge in [0.2, 0.25) is 5.91 Å². The molecule has 1 aromatic carbocycles. The van der Waals surface area contributed by atoms with Crippen LogP contribution < -0.4 is 10.1 Å². The average Bonchev–Trinajstić information content (AvgIpc) is 2.59. The van der Waals surface area contributed by atoms with Crippen LogP contribution >= 0.6 is 0 Å². The first kappa shape index (κ1) is 19.7. The number of rotatable bonds is 6. The van der Waals surface area contributed by atoms with Crippen molar-refractivity contribution >= 4 is 5.91 Å². The summed E-state index contributed by atoms with van der Waals surface area (Å²) in [6, 6.07) is 8.07. The lowest BCUT2D eigenvalue weighted by Gasteiger charge is -2.32. The normalized spacial score (nSPS) is 18.0. The van der Waals surface area contributed by atoms with E-state index in [1.165, 1.54) is 5.56 Å². The molecule has 1 saturated heterocycles. The highest BCUT2D eigenvalue weighted by Gasteiger charge is 2.25. The van der Waals surface area contributed by atoms with Crippen LogP contribution in [0.3, 0.4) is 0 Å². The molecule has 1 atom stereocenters. The van der Waals surface area contributed by atoms with E-state index in [1.54, 1.807) is 7.05 Å². The van der Waals surface area contributed by atoms with Crippen LogP contribution in [0.5, 0.6) is 5.75 Å². The molecule has 2 N–H and O–H groups in total. The van der Waals surface area contributed by atoms with Crippen molar-refractivity contribution in [3.05, 3.63) is 29.8 Å². The lowest BCUT2D eigenvalue weighted by Crippen LogP contribution is -2.43. The Bertz CT molecular complexity index is 543. The highest BCUT2D eigenvalue weighted by Crippen LogP contribution is 2.24. The monoisotopic (exact) mass is 348 g/mol. The fraction of sp³-hybridized carbons (Fsp3) is 0.650. The minimum Gasteiger partial charge on any atom is -0.491 e. The molecule has 1 fully saturated rings. The lowest BCUT2D eigenvalue weighted by molar-refractivity contribution is -0.126. The van der Waals surface area contributed by atoms with Crippen LogP contribution in [0.25, 0.3) is 0 Å². The fourth-order valence-corrected chi connectivity index (χ4v) is 3.18. The Balaban J connectivity index is 1.72. The second kappa shape index (κ2) is 8.68. The molecular formula is C20H32N2O3. The van der Waals surface area contributed by atoms with E-state index in [0.717, 1.165) is 31.7 Å². The third-order valence-corrected chi connectivity index (χ3v) is 4.84. The Morgan fingerprint density at radius 1 is 1.28 bits per heavy atom. The first-order chi connectivity index (χ1) is 11.8. The number of benzene rings is 1. The summed E-state index contributed by atoms with van der Waals surface area (Å²) in [7, 11) is 1.68. The molecule has 2 rings (SSSR count). The standard InChI is InChI=1S/C20H32N2O3/c1-20(2,3)16-5-7-18(8-6-16)25-14-17(23)13-22-11-9-15(10-12-22)19(24)21-4/h5-8,15,17,23H,9-14H2,1-4H3,(H,21,24). The molecule has 1 unspecified atom stereocenters. The van der Waals surface area contributed by atoms with Gasteiger partial charge >= 0.3 is 0 Å². The molecule has 25 heavy (non-hydrogen) atoms. The van der Waals surface area contributed by atoms with Crippen molar-refractivity contribution in [2.75, 3.05) is 33.3 Å². The number of ether oxygens (including phenoxy) is 1. The highest BCUT2D eigenvalue weighted by atomic mass is 16.5. The van der Waals surface area contributed by atoms with Crippen LogP contribution in [0.15, 0.2) is 24.3 Å². The zero-order valence-electron chi connectivity index (χ0n) is 15.9. The number of β-amino-alcohol motifs (C(OH)–C–C–N with tert-alkyl or cyclic N) is 1. The number of aliphatic hydroxyl groups excluding tert-OH is 1. The molecule has 0 bridgehead atoms. The molecule has 5 nitrogen and oxygen atoms in total. The molecule has 0 spiro atoms. The smallest absolute Gasteiger partial charge is 0.222 e. The Morgan fingerprint density at radius 2 is 1.88 bits per heavy atom. The van der Waals surface area contributed by atoms with E-state index >= 15 is 0 Å². The van der Waals surface area contributed by atoms with Gasteiger partial charge in [0.05, 0.1) is 0 Å². The molecular weight excluding hydrogens is 316 g/mol. The fourth-order valence-electron chi connectivity index (χ4n) is 3.18. The molecule has 0 aliphatic carbocycles. The van der Waals surface area contributed by atoms with Crippen LogP contribution in [-0.2, 0) is 10.2 Å². The van der Waals surface area contributed by atoms with Crippen LogP contribution in [0.1, 0.15) is 39.2 Å². The zero-order valence-corrected chi connectivity index (χ0v) is 15.9. The summed E-state index contributed by atoms with van der Waals surface area (Å²) >= 11 is 0. The number of nitrogens with zero attached hydrogens (tertiary/aromatic N) is 1. The molecule has 1 aromatic rings. The van der Waals surface area contributed by atoms with Gasteiger partial charge in [-0.25, -0.2) is 0 Å². The number of nitrogens with one attached hydrogen (secondary N) is 1. The topological polar surface area (TPSA) is 61.8 Å². The Hall–Kier alpha value is -1.59. The SMILES string of the molecule is CNC(=O)C1CCN(CC(O)COc2ccc(C(C)(C)C)cc2)CC1. The third kappa shape index (κ3) is 6.01. The third-order valence-electron chi connectivity index (χ3n) is 4.84. The van der Waals surface area contributed by atoms with Crippen molar-refractivity contribution in [1.29, 1.82) is 0 Å². The number of carbonyl (C=O) groups excluding carboxylic acids is 1. The first-order valence-corrected chi connectivity index (χ1v) is 9.15. The van der Waals surface area contributed by atoms with E-state index in [1.807, 2.05) is 12.1 Å². The first-order valence-electron chi connectivity index (χ1n) is 9.15. The minimum atomic E-state index is -0.529. The van der Waals surface area contributed by atoms with Crippen LogP contribution in [0.2, 0.25) is 0 Å². The van der Waals surface area contributed by atoms with Gasteiger partial charge < -0.3 is 20.1 Å². The second-order valence-electron chi connectivity index (χ2n) is 7.93. The summed E-state index contributed by atoms with van der Waals surface area (Å²) in [4.78, 5) is 13.8. The molecule has 0 radical (unpaired) electrons. The quantitative estimate of drug-likeness (QED) is 0.827. The second-order valence-corrected chi connectivity index (χ2v) is 7.93. The van der Waals surface area contributed by atoms with Crippen molar-refractivity contribution < 1.29 is 14.6 Å². The summed E-state index contributed by atoms with van der Waals surface area (Å²) in [5, 5.41) is 12.9. The highest BCUT2D eigenvalue weighted by molar-refractivity contribution is 5.78. The van der Waals surface area contributed by atoms with Gasteiger partial charge in [-0.3, -0.25) is 4.79 Å². The Kier molecular flexibility index (Phi) is 6.85. The van der Waals surface area contributed by atoms with Crippen LogP contribution in [0, 0.1) is 5.92 Å². The van der Waals surface area contributed by atoms with E-state index in [0.29, 0.717) is 6.54 Å². The maximum Gasteiger partial charge on any atom is 0.222 e. The van der Waals surface area contributed by atoms with Gasteiger partial charge in [0.1, 0.15) is 18.5 Å². The molecule has 5 heteroatoms. The number of aliphatic hydroxyl groups is 1. The molecule has 1 aliphatic rings. The summed E-state index contributed by atoms with van der Waals surface area (Å²) in [5.74, 6) is 1.02. The number of hydrogen-bond acceptors (Lipinski definition) is 4. The number of amides is 1. The van der Waals surface area contributed by atoms with Crippen molar-refractivity contribution in [1.82, 2.24) is 10.2 Å². The maximum atomic E-state index is 11.6. The molecule has 1 aliphatic heterocycles. The summed E-state index contributed by atoms with van der Waals surface area (Å²) < 4.78 is 5.71. The van der Waals surface area contributed by atoms with Gasteiger partial charge in [0, 0.05) is 19.5 Å². The number of hydrogen-bond donors (Lipinski definition) is 2. The van der Waals surface area contributed by atoms with Crippen molar-refractivity contribution in [2.45, 2.75) is 45.1 Å². The lowest BCUT2D eigenvalue weighted by atomic mass is 9.87. The van der Waals surface area contributed by atoms with Crippen LogP contribution in [-0.4, -0.2) is 55.3 Å². The van der Waals surface area contributed by atoms with Crippen molar-refractivity contribution in [2.24, 2.45) is 5.92 Å². The van der Waals surface area contributed by atoms with E-state index in [4.69, 9.17) is 4.74 Å². The van der Waals surface area contributed by atoms with Crippen LogP contribution in [0.4, 0.5) is 0 Å². The maximum absolute atomic E-state index is 11.6. The van der Waals surface area contributed by atoms with Gasteiger partial charge in [0.15, 0.2) is 0 Å². The van der Waals surface area contributed by atoms with Crippen molar-refractivity contribution in [3.63, 3.8) is 0 Å². The molecule has 140 valence electrons. The Labute approximate surface area is 151 Å². The number of likely N-dealkylation sites (tertiary alicyclic amines) is 1. The van der Waals surface area contributed by atoms with E-state index in [2.05, 4.69) is 43.1 Å². The summed E-state index contributed by atoms with van der Waals surface area (Å²) in [5.41, 5.74) is 1.39. The molecule has 1 amide bonds. The molecule has 0 aromatic heterocycles. The van der Waals surface area contributed by atoms with Gasteiger partial charge in [-0.2, -0.15) is 0 Å². The van der Waals surface area contributed by atoms with E-state index in [9.17, 15) is 9.90 Å². The predicted octanol–water partition coefficient (Wildman–Crippen LogP) is 2.18. The largest absolute Gasteiger partial charge is 0.491 e.